The molecule has 0 saturated heterocycles. The molecule has 2 aromatic rings. The Morgan fingerprint density at radius 3 is 2.56 bits per heavy atom. The van der Waals surface area contributed by atoms with Crippen molar-refractivity contribution in [1.82, 2.24) is 20.8 Å². The van der Waals surface area contributed by atoms with Gasteiger partial charge in [0.1, 0.15) is 18.5 Å². The van der Waals surface area contributed by atoms with Crippen molar-refractivity contribution < 1.29 is 19.2 Å². The molecule has 0 aliphatic rings. The van der Waals surface area contributed by atoms with E-state index in [0.717, 1.165) is 5.56 Å². The molecule has 1 unspecified atom stereocenters. The molecule has 2 rings (SSSR count). The predicted molar refractivity (Wildman–Crippen MR) is 104 cm³/mol. The quantitative estimate of drug-likeness (QED) is 0.521. The highest BCUT2D eigenvalue weighted by Crippen LogP contribution is 2.19. The van der Waals surface area contributed by atoms with Crippen LogP contribution in [0.25, 0.3) is 11.4 Å². The third kappa shape index (κ3) is 7.94. The molecule has 0 aliphatic carbocycles. The molecule has 1 aromatic heterocycles. The first-order valence-electron chi connectivity index (χ1n) is 8.65. The minimum absolute atomic E-state index is 0. The van der Waals surface area contributed by atoms with Gasteiger partial charge in [-0.2, -0.15) is 4.98 Å². The number of aliphatic hydroxyl groups excluding tert-OH is 1. The first-order chi connectivity index (χ1) is 12.5. The van der Waals surface area contributed by atoms with Crippen LogP contribution in [0.15, 0.2) is 28.8 Å². The van der Waals surface area contributed by atoms with Gasteiger partial charge in [0.15, 0.2) is 0 Å². The van der Waals surface area contributed by atoms with Gasteiger partial charge in [0, 0.05) is 38.0 Å². The van der Waals surface area contributed by atoms with Crippen LogP contribution in [-0.2, 0) is 4.79 Å². The number of carbonyl (C=O) groups excluding carboxylic acids is 1. The highest BCUT2D eigenvalue weighted by atomic mass is 35.5. The number of aliphatic hydroxyl groups is 1. The second kappa shape index (κ2) is 11.5. The molecule has 0 saturated carbocycles. The lowest BCUT2D eigenvalue weighted by atomic mass is 10.2. The van der Waals surface area contributed by atoms with Crippen LogP contribution in [0.1, 0.15) is 19.7 Å². The molecule has 0 spiro atoms. The molecule has 0 fully saturated rings. The lowest BCUT2D eigenvalue weighted by Crippen LogP contribution is -2.38. The number of hydrogen-bond acceptors (Lipinski definition) is 7. The van der Waals surface area contributed by atoms with Crippen molar-refractivity contribution in [1.29, 1.82) is 0 Å². The molecule has 1 aromatic carbocycles. The van der Waals surface area contributed by atoms with Crippen molar-refractivity contribution >= 4 is 18.3 Å². The van der Waals surface area contributed by atoms with E-state index in [4.69, 9.17) is 9.26 Å². The zero-order valence-electron chi connectivity index (χ0n) is 15.8. The van der Waals surface area contributed by atoms with Gasteiger partial charge in [0.05, 0.1) is 0 Å². The Morgan fingerprint density at radius 1 is 1.26 bits per heavy atom. The molecule has 1 atom stereocenters. The number of hydrogen-bond donors (Lipinski definition) is 3. The van der Waals surface area contributed by atoms with Gasteiger partial charge >= 0.3 is 0 Å². The van der Waals surface area contributed by atoms with E-state index in [2.05, 4.69) is 20.8 Å². The van der Waals surface area contributed by atoms with E-state index >= 15 is 0 Å². The van der Waals surface area contributed by atoms with Crippen molar-refractivity contribution in [3.63, 3.8) is 0 Å². The number of amides is 1. The molecule has 1 heterocycles. The van der Waals surface area contributed by atoms with Crippen LogP contribution in [0, 0.1) is 12.8 Å². The summed E-state index contributed by atoms with van der Waals surface area (Å²) >= 11 is 0. The molecule has 9 heteroatoms. The highest BCUT2D eigenvalue weighted by Gasteiger charge is 2.08. The number of aryl methyl sites for hydroxylation is 1. The van der Waals surface area contributed by atoms with Crippen LogP contribution < -0.4 is 15.4 Å². The van der Waals surface area contributed by atoms with E-state index in [1.54, 1.807) is 19.1 Å². The van der Waals surface area contributed by atoms with Gasteiger partial charge in [-0.25, -0.2) is 0 Å². The zero-order chi connectivity index (χ0) is 18.9. The summed E-state index contributed by atoms with van der Waals surface area (Å²) in [7, 11) is 0. The zero-order valence-corrected chi connectivity index (χ0v) is 16.6. The largest absolute Gasteiger partial charge is 0.491 e. The molecule has 0 aliphatic heterocycles. The Bertz CT molecular complexity index is 691. The second-order valence-electron chi connectivity index (χ2n) is 6.28. The van der Waals surface area contributed by atoms with E-state index in [9.17, 15) is 9.90 Å². The number of nitrogens with one attached hydrogen (secondary N) is 2. The van der Waals surface area contributed by atoms with E-state index in [0.29, 0.717) is 37.1 Å². The summed E-state index contributed by atoms with van der Waals surface area (Å²) < 4.78 is 10.5. The van der Waals surface area contributed by atoms with Crippen molar-refractivity contribution in [2.75, 3.05) is 26.2 Å². The fourth-order valence-electron chi connectivity index (χ4n) is 2.11. The lowest BCUT2D eigenvalue weighted by molar-refractivity contribution is -0.123. The Kier molecular flexibility index (Phi) is 9.77. The summed E-state index contributed by atoms with van der Waals surface area (Å²) in [5.74, 6) is 1.69. The average molecular weight is 399 g/mol. The number of aromatic nitrogens is 2. The molecule has 0 radical (unpaired) electrons. The van der Waals surface area contributed by atoms with Gasteiger partial charge in [-0.3, -0.25) is 4.79 Å². The summed E-state index contributed by atoms with van der Waals surface area (Å²) in [4.78, 5) is 15.6. The number of benzene rings is 1. The van der Waals surface area contributed by atoms with Crippen LogP contribution >= 0.6 is 12.4 Å². The maximum Gasteiger partial charge on any atom is 0.223 e. The molecule has 3 N–H and O–H groups in total. The Labute approximate surface area is 165 Å². The predicted octanol–water partition coefficient (Wildman–Crippen LogP) is 1.57. The first-order valence-corrected chi connectivity index (χ1v) is 8.65. The fraction of sp³-hybridized carbons (Fsp3) is 0.500. The maximum absolute atomic E-state index is 11.4. The third-order valence-corrected chi connectivity index (χ3v) is 3.59. The highest BCUT2D eigenvalue weighted by molar-refractivity contribution is 5.85. The van der Waals surface area contributed by atoms with Crippen LogP contribution in [-0.4, -0.2) is 53.5 Å². The molecule has 0 bridgehead atoms. The number of carbonyl (C=O) groups is 1. The molecule has 8 nitrogen and oxygen atoms in total. The average Bonchev–Trinajstić information content (AvgIpc) is 3.06. The van der Waals surface area contributed by atoms with E-state index < -0.39 is 6.10 Å². The van der Waals surface area contributed by atoms with Gasteiger partial charge in [-0.15, -0.1) is 12.4 Å². The smallest absolute Gasteiger partial charge is 0.223 e. The molecule has 150 valence electrons. The second-order valence-corrected chi connectivity index (χ2v) is 6.28. The topological polar surface area (TPSA) is 110 Å². The summed E-state index contributed by atoms with van der Waals surface area (Å²) in [6.07, 6.45) is -0.643. The van der Waals surface area contributed by atoms with E-state index in [-0.39, 0.29) is 30.8 Å². The van der Waals surface area contributed by atoms with Crippen LogP contribution in [0.2, 0.25) is 0 Å². The monoisotopic (exact) mass is 398 g/mol. The summed E-state index contributed by atoms with van der Waals surface area (Å²) in [6, 6.07) is 7.26. The minimum atomic E-state index is -0.643. The van der Waals surface area contributed by atoms with Crippen LogP contribution in [0.3, 0.4) is 0 Å². The van der Waals surface area contributed by atoms with E-state index in [1.165, 1.54) is 0 Å². The normalized spacial score (nSPS) is 11.7. The Morgan fingerprint density at radius 2 is 1.96 bits per heavy atom. The van der Waals surface area contributed by atoms with Gasteiger partial charge in [0.25, 0.3) is 0 Å². The van der Waals surface area contributed by atoms with Crippen molar-refractivity contribution in [3.8, 4) is 17.1 Å². The van der Waals surface area contributed by atoms with Gasteiger partial charge in [0.2, 0.25) is 17.6 Å². The maximum atomic E-state index is 11.4. The molecular weight excluding hydrogens is 372 g/mol. The number of ether oxygens (including phenoxy) is 1. The minimum Gasteiger partial charge on any atom is -0.491 e. The first kappa shape index (κ1) is 22.9. The van der Waals surface area contributed by atoms with Crippen molar-refractivity contribution in [3.05, 3.63) is 30.2 Å². The van der Waals surface area contributed by atoms with Crippen LogP contribution in [0.4, 0.5) is 0 Å². The Hall–Kier alpha value is -2.16. The summed E-state index contributed by atoms with van der Waals surface area (Å²) in [5.41, 5.74) is 0.833. The standard InChI is InChI=1S/C18H26N4O4.ClH/c1-12(2)18(24)20-9-8-19-10-15(23)11-25-16-6-4-14(5-7-16)17-21-13(3)26-22-17;/h4-7,12,15,19,23H,8-11H2,1-3H3,(H,20,24);1H. The molecule has 27 heavy (non-hydrogen) atoms. The number of halogens is 1. The van der Waals surface area contributed by atoms with Crippen molar-refractivity contribution in [2.45, 2.75) is 26.9 Å². The summed E-state index contributed by atoms with van der Waals surface area (Å²) in [6.45, 7) is 7.11. The Balaban J connectivity index is 0.00000364. The molecular formula is C18H27ClN4O4. The van der Waals surface area contributed by atoms with Gasteiger partial charge in [-0.05, 0) is 24.3 Å². The fourth-order valence-corrected chi connectivity index (χ4v) is 2.11. The number of nitrogens with zero attached hydrogens (tertiary/aromatic N) is 2. The third-order valence-electron chi connectivity index (χ3n) is 3.59. The van der Waals surface area contributed by atoms with Gasteiger partial charge in [-0.1, -0.05) is 19.0 Å². The van der Waals surface area contributed by atoms with Crippen molar-refractivity contribution in [2.24, 2.45) is 5.92 Å². The van der Waals surface area contributed by atoms with E-state index in [1.807, 2.05) is 26.0 Å². The summed E-state index contributed by atoms with van der Waals surface area (Å²) in [5, 5.41) is 19.7. The van der Waals surface area contributed by atoms with Crippen LogP contribution in [0.5, 0.6) is 5.75 Å². The van der Waals surface area contributed by atoms with Gasteiger partial charge < -0.3 is 25.0 Å². The SMILES string of the molecule is Cc1nc(-c2ccc(OCC(O)CNCCNC(=O)C(C)C)cc2)no1.Cl. The lowest BCUT2D eigenvalue weighted by Gasteiger charge is -2.14. The number of rotatable bonds is 10. The molecule has 1 amide bonds.